The minimum Gasteiger partial charge on any atom is -0.369 e. The standard InChI is InChI=1S/C22H28N2.2ClH/c1-2-6-19(7-3-1)18-23-14-16-24(17-15-23)22-12-10-21(11-13-22)20-8-4-5-9-20;;/h1-3,6-7,10-13,20H,4-5,8-9,14-18H2;2*1H. The van der Waals surface area contributed by atoms with Crippen LogP contribution in [0.3, 0.4) is 0 Å². The Bertz CT molecular complexity index is 631. The Labute approximate surface area is 170 Å². The zero-order valence-electron chi connectivity index (χ0n) is 15.3. The molecule has 2 nitrogen and oxygen atoms in total. The van der Waals surface area contributed by atoms with E-state index in [4.69, 9.17) is 0 Å². The Hall–Kier alpha value is -1.22. The molecule has 0 aromatic heterocycles. The summed E-state index contributed by atoms with van der Waals surface area (Å²) in [5, 5.41) is 0. The molecule has 0 unspecified atom stereocenters. The Morgan fingerprint density at radius 1 is 0.731 bits per heavy atom. The fraction of sp³-hybridized carbons (Fsp3) is 0.455. The Kier molecular flexibility index (Phi) is 8.27. The zero-order valence-corrected chi connectivity index (χ0v) is 17.0. The van der Waals surface area contributed by atoms with Crippen molar-refractivity contribution in [3.63, 3.8) is 0 Å². The fourth-order valence-corrected chi connectivity index (χ4v) is 4.22. The normalized spacial score (nSPS) is 18.2. The molecule has 2 aliphatic rings. The Morgan fingerprint density at radius 3 is 1.96 bits per heavy atom. The first-order valence-corrected chi connectivity index (χ1v) is 9.50. The first-order chi connectivity index (χ1) is 11.9. The van der Waals surface area contributed by atoms with Gasteiger partial charge in [0, 0.05) is 38.4 Å². The second-order valence-corrected chi connectivity index (χ2v) is 7.32. The monoisotopic (exact) mass is 392 g/mol. The summed E-state index contributed by atoms with van der Waals surface area (Å²) in [4.78, 5) is 5.11. The topological polar surface area (TPSA) is 6.48 Å². The van der Waals surface area contributed by atoms with Gasteiger partial charge in [0.25, 0.3) is 0 Å². The van der Waals surface area contributed by atoms with Crippen LogP contribution in [0.4, 0.5) is 5.69 Å². The zero-order chi connectivity index (χ0) is 16.2. The predicted molar refractivity (Wildman–Crippen MR) is 116 cm³/mol. The third kappa shape index (κ3) is 5.16. The highest BCUT2D eigenvalue weighted by molar-refractivity contribution is 5.85. The molecule has 1 aliphatic carbocycles. The lowest BCUT2D eigenvalue weighted by atomic mass is 9.97. The minimum atomic E-state index is 0. The van der Waals surface area contributed by atoms with E-state index in [1.54, 1.807) is 5.56 Å². The van der Waals surface area contributed by atoms with Crippen LogP contribution in [0.25, 0.3) is 0 Å². The Morgan fingerprint density at radius 2 is 1.35 bits per heavy atom. The molecule has 1 saturated heterocycles. The van der Waals surface area contributed by atoms with Crippen LogP contribution in [0.1, 0.15) is 42.7 Å². The van der Waals surface area contributed by atoms with Crippen molar-refractivity contribution in [3.8, 4) is 0 Å². The average molecular weight is 393 g/mol. The summed E-state index contributed by atoms with van der Waals surface area (Å²) >= 11 is 0. The van der Waals surface area contributed by atoms with Crippen molar-refractivity contribution < 1.29 is 0 Å². The van der Waals surface area contributed by atoms with Crippen LogP contribution in [-0.2, 0) is 6.54 Å². The number of rotatable bonds is 4. The molecule has 142 valence electrons. The number of piperazine rings is 1. The molecule has 0 radical (unpaired) electrons. The van der Waals surface area contributed by atoms with Crippen molar-refractivity contribution in [3.05, 3.63) is 65.7 Å². The molecule has 0 spiro atoms. The van der Waals surface area contributed by atoms with E-state index in [1.807, 2.05) is 0 Å². The summed E-state index contributed by atoms with van der Waals surface area (Å²) < 4.78 is 0. The number of hydrogen-bond donors (Lipinski definition) is 0. The van der Waals surface area contributed by atoms with Gasteiger partial charge in [-0.3, -0.25) is 4.90 Å². The molecule has 0 N–H and O–H groups in total. The van der Waals surface area contributed by atoms with E-state index in [1.165, 1.54) is 36.9 Å². The molecule has 1 heterocycles. The van der Waals surface area contributed by atoms with E-state index >= 15 is 0 Å². The third-order valence-electron chi connectivity index (χ3n) is 5.71. The van der Waals surface area contributed by atoms with Gasteiger partial charge in [0.1, 0.15) is 0 Å². The van der Waals surface area contributed by atoms with Gasteiger partial charge in [-0.25, -0.2) is 0 Å². The van der Waals surface area contributed by atoms with Gasteiger partial charge < -0.3 is 4.90 Å². The van der Waals surface area contributed by atoms with Crippen molar-refractivity contribution in [1.29, 1.82) is 0 Å². The second-order valence-electron chi connectivity index (χ2n) is 7.32. The molecule has 0 amide bonds. The van der Waals surface area contributed by atoms with E-state index in [2.05, 4.69) is 64.4 Å². The third-order valence-corrected chi connectivity index (χ3v) is 5.71. The molecule has 26 heavy (non-hydrogen) atoms. The molecule has 1 aliphatic heterocycles. The summed E-state index contributed by atoms with van der Waals surface area (Å²) in [6.07, 6.45) is 5.60. The summed E-state index contributed by atoms with van der Waals surface area (Å²) in [5.41, 5.74) is 4.38. The molecule has 1 saturated carbocycles. The quantitative estimate of drug-likeness (QED) is 0.676. The number of benzene rings is 2. The lowest BCUT2D eigenvalue weighted by Crippen LogP contribution is -2.45. The highest BCUT2D eigenvalue weighted by Crippen LogP contribution is 2.34. The van der Waals surface area contributed by atoms with Crippen LogP contribution in [0.2, 0.25) is 0 Å². The summed E-state index contributed by atoms with van der Waals surface area (Å²) in [7, 11) is 0. The van der Waals surface area contributed by atoms with E-state index in [-0.39, 0.29) is 24.8 Å². The first-order valence-electron chi connectivity index (χ1n) is 9.50. The van der Waals surface area contributed by atoms with Gasteiger partial charge in [-0.15, -0.1) is 24.8 Å². The fourth-order valence-electron chi connectivity index (χ4n) is 4.22. The summed E-state index contributed by atoms with van der Waals surface area (Å²) in [6, 6.07) is 20.3. The van der Waals surface area contributed by atoms with Gasteiger partial charge in [-0.2, -0.15) is 0 Å². The molecular formula is C22H30Cl2N2. The molecule has 2 aromatic carbocycles. The lowest BCUT2D eigenvalue weighted by Gasteiger charge is -2.36. The largest absolute Gasteiger partial charge is 0.369 e. The Balaban J connectivity index is 0.00000121. The van der Waals surface area contributed by atoms with Crippen LogP contribution < -0.4 is 4.90 Å². The van der Waals surface area contributed by atoms with E-state index in [0.29, 0.717) is 0 Å². The van der Waals surface area contributed by atoms with Crippen molar-refractivity contribution in [1.82, 2.24) is 4.90 Å². The van der Waals surface area contributed by atoms with Gasteiger partial charge in [0.15, 0.2) is 0 Å². The number of halogens is 2. The van der Waals surface area contributed by atoms with Crippen LogP contribution in [0.5, 0.6) is 0 Å². The van der Waals surface area contributed by atoms with Crippen molar-refractivity contribution in [2.75, 3.05) is 31.1 Å². The van der Waals surface area contributed by atoms with E-state index in [0.717, 1.165) is 38.6 Å². The predicted octanol–water partition coefficient (Wildman–Crippen LogP) is 5.51. The highest BCUT2D eigenvalue weighted by atomic mass is 35.5. The molecule has 0 atom stereocenters. The maximum Gasteiger partial charge on any atom is 0.0367 e. The van der Waals surface area contributed by atoms with Gasteiger partial charge >= 0.3 is 0 Å². The van der Waals surface area contributed by atoms with Crippen molar-refractivity contribution in [2.24, 2.45) is 0 Å². The number of nitrogens with zero attached hydrogens (tertiary/aromatic N) is 2. The van der Waals surface area contributed by atoms with Gasteiger partial charge in [0.2, 0.25) is 0 Å². The number of anilines is 1. The smallest absolute Gasteiger partial charge is 0.0367 e. The lowest BCUT2D eigenvalue weighted by molar-refractivity contribution is 0.250. The van der Waals surface area contributed by atoms with Gasteiger partial charge in [0.05, 0.1) is 0 Å². The molecule has 4 rings (SSSR count). The van der Waals surface area contributed by atoms with Gasteiger partial charge in [-0.1, -0.05) is 55.3 Å². The van der Waals surface area contributed by atoms with E-state index < -0.39 is 0 Å². The maximum atomic E-state index is 2.57. The second kappa shape index (κ2) is 10.2. The van der Waals surface area contributed by atoms with E-state index in [9.17, 15) is 0 Å². The highest BCUT2D eigenvalue weighted by Gasteiger charge is 2.19. The molecular weight excluding hydrogens is 363 g/mol. The van der Waals surface area contributed by atoms with Crippen LogP contribution in [0.15, 0.2) is 54.6 Å². The van der Waals surface area contributed by atoms with Gasteiger partial charge in [-0.05, 0) is 42.0 Å². The van der Waals surface area contributed by atoms with Crippen molar-refractivity contribution >= 4 is 30.5 Å². The molecule has 4 heteroatoms. The van der Waals surface area contributed by atoms with Crippen LogP contribution in [-0.4, -0.2) is 31.1 Å². The van der Waals surface area contributed by atoms with Crippen LogP contribution in [0, 0.1) is 0 Å². The maximum absolute atomic E-state index is 2.57. The first kappa shape index (κ1) is 21.1. The summed E-state index contributed by atoms with van der Waals surface area (Å²) in [6.45, 7) is 5.65. The molecule has 2 fully saturated rings. The number of hydrogen-bond acceptors (Lipinski definition) is 2. The van der Waals surface area contributed by atoms with Crippen LogP contribution >= 0.6 is 24.8 Å². The SMILES string of the molecule is Cl.Cl.c1ccc(CN2CCN(c3ccc(C4CCCC4)cc3)CC2)cc1. The molecule has 0 bridgehead atoms. The average Bonchev–Trinajstić information content (AvgIpc) is 3.18. The molecule has 2 aromatic rings. The summed E-state index contributed by atoms with van der Waals surface area (Å²) in [5.74, 6) is 0.821. The van der Waals surface area contributed by atoms with Crippen molar-refractivity contribution in [2.45, 2.75) is 38.1 Å². The minimum absolute atomic E-state index is 0.